The lowest BCUT2D eigenvalue weighted by molar-refractivity contribution is 0.0948. The van der Waals surface area contributed by atoms with Gasteiger partial charge in [0.05, 0.1) is 10.0 Å². The standard InChI is InChI=1S/C15H16Cl2N4O/c1-3-6-18-15(22)13-8-14(20-9(2)19-13)21-10-4-5-11(16)12(17)7-10/h4-5,7-8H,3,6H2,1-2H3,(H,18,22)(H,19,20,21). The minimum absolute atomic E-state index is 0.218. The van der Waals surface area contributed by atoms with Crippen LogP contribution in [0.15, 0.2) is 24.3 Å². The Bertz CT molecular complexity index is 691. The molecular formula is C15H16Cl2N4O. The minimum Gasteiger partial charge on any atom is -0.351 e. The van der Waals surface area contributed by atoms with Gasteiger partial charge in [0.2, 0.25) is 0 Å². The smallest absolute Gasteiger partial charge is 0.270 e. The molecule has 22 heavy (non-hydrogen) atoms. The quantitative estimate of drug-likeness (QED) is 0.865. The van der Waals surface area contributed by atoms with Crippen LogP contribution in [0.1, 0.15) is 29.7 Å². The first-order valence-electron chi connectivity index (χ1n) is 6.85. The van der Waals surface area contributed by atoms with Gasteiger partial charge in [-0.1, -0.05) is 30.1 Å². The third kappa shape index (κ3) is 4.32. The van der Waals surface area contributed by atoms with Gasteiger partial charge in [0.25, 0.3) is 5.91 Å². The number of amides is 1. The van der Waals surface area contributed by atoms with E-state index < -0.39 is 0 Å². The zero-order valence-electron chi connectivity index (χ0n) is 12.3. The molecule has 1 amide bonds. The van der Waals surface area contributed by atoms with Gasteiger partial charge in [0.1, 0.15) is 17.3 Å². The predicted molar refractivity (Wildman–Crippen MR) is 89.1 cm³/mol. The highest BCUT2D eigenvalue weighted by Crippen LogP contribution is 2.26. The van der Waals surface area contributed by atoms with Crippen molar-refractivity contribution in [1.82, 2.24) is 15.3 Å². The molecule has 0 fully saturated rings. The van der Waals surface area contributed by atoms with Crippen molar-refractivity contribution >= 4 is 40.6 Å². The molecule has 1 heterocycles. The molecule has 1 aromatic carbocycles. The fourth-order valence-corrected chi connectivity index (χ4v) is 2.10. The molecule has 2 N–H and O–H groups in total. The first-order valence-corrected chi connectivity index (χ1v) is 7.61. The van der Waals surface area contributed by atoms with Crippen molar-refractivity contribution in [1.29, 1.82) is 0 Å². The number of halogens is 2. The minimum atomic E-state index is -0.218. The SMILES string of the molecule is CCCNC(=O)c1cc(Nc2ccc(Cl)c(Cl)c2)nc(C)n1. The first kappa shape index (κ1) is 16.5. The van der Waals surface area contributed by atoms with Gasteiger partial charge in [-0.15, -0.1) is 0 Å². The molecule has 0 saturated carbocycles. The molecule has 0 spiro atoms. The maximum absolute atomic E-state index is 12.0. The summed E-state index contributed by atoms with van der Waals surface area (Å²) in [4.78, 5) is 20.4. The fourth-order valence-electron chi connectivity index (χ4n) is 1.80. The highest BCUT2D eigenvalue weighted by atomic mass is 35.5. The number of benzene rings is 1. The number of nitrogens with one attached hydrogen (secondary N) is 2. The molecule has 5 nitrogen and oxygen atoms in total. The summed E-state index contributed by atoms with van der Waals surface area (Å²) in [5, 5.41) is 6.80. The number of carbonyl (C=O) groups is 1. The van der Waals surface area contributed by atoms with E-state index in [1.165, 1.54) is 0 Å². The van der Waals surface area contributed by atoms with E-state index >= 15 is 0 Å². The van der Waals surface area contributed by atoms with Crippen molar-refractivity contribution in [2.24, 2.45) is 0 Å². The summed E-state index contributed by atoms with van der Waals surface area (Å²) in [5.74, 6) is 0.809. The van der Waals surface area contributed by atoms with Crippen LogP contribution in [-0.4, -0.2) is 22.4 Å². The normalized spacial score (nSPS) is 10.4. The Morgan fingerprint density at radius 3 is 2.64 bits per heavy atom. The van der Waals surface area contributed by atoms with E-state index in [1.54, 1.807) is 31.2 Å². The summed E-state index contributed by atoms with van der Waals surface area (Å²) in [6.07, 6.45) is 0.865. The number of aryl methyl sites for hydroxylation is 1. The van der Waals surface area contributed by atoms with E-state index in [0.29, 0.717) is 33.9 Å². The van der Waals surface area contributed by atoms with Crippen LogP contribution in [0.3, 0.4) is 0 Å². The van der Waals surface area contributed by atoms with Gasteiger partial charge in [0.15, 0.2) is 0 Å². The van der Waals surface area contributed by atoms with Crippen molar-refractivity contribution in [2.45, 2.75) is 20.3 Å². The Hall–Kier alpha value is -1.85. The topological polar surface area (TPSA) is 66.9 Å². The molecule has 0 radical (unpaired) electrons. The van der Waals surface area contributed by atoms with Crippen LogP contribution in [0.4, 0.5) is 11.5 Å². The number of anilines is 2. The molecule has 0 aliphatic rings. The molecule has 0 bridgehead atoms. The van der Waals surface area contributed by atoms with Crippen molar-refractivity contribution in [2.75, 3.05) is 11.9 Å². The molecule has 0 saturated heterocycles. The van der Waals surface area contributed by atoms with Crippen LogP contribution in [0, 0.1) is 6.92 Å². The van der Waals surface area contributed by atoms with Gasteiger partial charge in [-0.2, -0.15) is 0 Å². The monoisotopic (exact) mass is 338 g/mol. The number of rotatable bonds is 5. The summed E-state index contributed by atoms with van der Waals surface area (Å²) >= 11 is 11.9. The maximum atomic E-state index is 12.0. The Morgan fingerprint density at radius 1 is 1.18 bits per heavy atom. The second-order valence-corrected chi connectivity index (χ2v) is 5.51. The molecule has 0 aliphatic carbocycles. The molecule has 2 rings (SSSR count). The zero-order valence-corrected chi connectivity index (χ0v) is 13.8. The van der Waals surface area contributed by atoms with Crippen molar-refractivity contribution in [3.63, 3.8) is 0 Å². The molecule has 2 aromatic rings. The van der Waals surface area contributed by atoms with Crippen molar-refractivity contribution in [3.05, 3.63) is 45.8 Å². The number of carbonyl (C=O) groups excluding carboxylic acids is 1. The van der Waals surface area contributed by atoms with E-state index in [9.17, 15) is 4.79 Å². The van der Waals surface area contributed by atoms with Gasteiger partial charge >= 0.3 is 0 Å². The van der Waals surface area contributed by atoms with E-state index in [4.69, 9.17) is 23.2 Å². The molecule has 0 unspecified atom stereocenters. The largest absolute Gasteiger partial charge is 0.351 e. The average Bonchev–Trinajstić information content (AvgIpc) is 2.48. The third-order valence-electron chi connectivity index (χ3n) is 2.80. The Kier molecular flexibility index (Phi) is 5.57. The van der Waals surface area contributed by atoms with Crippen LogP contribution in [0.25, 0.3) is 0 Å². The van der Waals surface area contributed by atoms with Gasteiger partial charge in [-0.25, -0.2) is 9.97 Å². The molecule has 7 heteroatoms. The molecular weight excluding hydrogens is 323 g/mol. The highest BCUT2D eigenvalue weighted by molar-refractivity contribution is 6.42. The lowest BCUT2D eigenvalue weighted by atomic mass is 10.3. The van der Waals surface area contributed by atoms with Crippen LogP contribution in [-0.2, 0) is 0 Å². The second-order valence-electron chi connectivity index (χ2n) is 4.70. The average molecular weight is 339 g/mol. The lowest BCUT2D eigenvalue weighted by Crippen LogP contribution is -2.25. The Morgan fingerprint density at radius 2 is 1.95 bits per heavy atom. The summed E-state index contributed by atoms with van der Waals surface area (Å²) in [6, 6.07) is 6.76. The summed E-state index contributed by atoms with van der Waals surface area (Å²) in [5.41, 5.74) is 1.05. The van der Waals surface area contributed by atoms with Crippen LogP contribution < -0.4 is 10.6 Å². The van der Waals surface area contributed by atoms with Crippen molar-refractivity contribution < 1.29 is 4.79 Å². The zero-order chi connectivity index (χ0) is 16.1. The number of hydrogen-bond acceptors (Lipinski definition) is 4. The van der Waals surface area contributed by atoms with Crippen molar-refractivity contribution in [3.8, 4) is 0 Å². The Labute approximate surface area is 139 Å². The molecule has 116 valence electrons. The maximum Gasteiger partial charge on any atom is 0.270 e. The number of nitrogens with zero attached hydrogens (tertiary/aromatic N) is 2. The number of aromatic nitrogens is 2. The summed E-state index contributed by atoms with van der Waals surface area (Å²) in [6.45, 7) is 4.33. The van der Waals surface area contributed by atoms with E-state index in [1.807, 2.05) is 6.92 Å². The van der Waals surface area contributed by atoms with Crippen LogP contribution >= 0.6 is 23.2 Å². The second kappa shape index (κ2) is 7.42. The third-order valence-corrected chi connectivity index (χ3v) is 3.54. The summed E-state index contributed by atoms with van der Waals surface area (Å²) in [7, 11) is 0. The molecule has 0 atom stereocenters. The number of hydrogen-bond donors (Lipinski definition) is 2. The van der Waals surface area contributed by atoms with Gasteiger partial charge in [-0.3, -0.25) is 4.79 Å². The van der Waals surface area contributed by atoms with E-state index in [0.717, 1.165) is 12.1 Å². The van der Waals surface area contributed by atoms with E-state index in [2.05, 4.69) is 20.6 Å². The van der Waals surface area contributed by atoms with Gasteiger partial charge in [0, 0.05) is 18.3 Å². The first-order chi connectivity index (χ1) is 10.5. The van der Waals surface area contributed by atoms with Crippen LogP contribution in [0.5, 0.6) is 0 Å². The fraction of sp³-hybridized carbons (Fsp3) is 0.267. The highest BCUT2D eigenvalue weighted by Gasteiger charge is 2.10. The Balaban J connectivity index is 2.22. The molecule has 0 aliphatic heterocycles. The van der Waals surface area contributed by atoms with Gasteiger partial charge < -0.3 is 10.6 Å². The van der Waals surface area contributed by atoms with Crippen LogP contribution in [0.2, 0.25) is 10.0 Å². The molecule has 1 aromatic heterocycles. The lowest BCUT2D eigenvalue weighted by Gasteiger charge is -2.09. The van der Waals surface area contributed by atoms with Gasteiger partial charge in [-0.05, 0) is 31.5 Å². The van der Waals surface area contributed by atoms with E-state index in [-0.39, 0.29) is 5.91 Å². The summed E-state index contributed by atoms with van der Waals surface area (Å²) < 4.78 is 0. The predicted octanol–water partition coefficient (Wildman–Crippen LogP) is 3.98.